The molecule has 2 aromatic rings. The van der Waals surface area contributed by atoms with E-state index in [0.717, 1.165) is 5.56 Å². The van der Waals surface area contributed by atoms with Gasteiger partial charge in [0.25, 0.3) is 0 Å². The summed E-state index contributed by atoms with van der Waals surface area (Å²) in [7, 11) is 1.57. The fourth-order valence-electron chi connectivity index (χ4n) is 1.63. The number of hydrogen-bond donors (Lipinski definition) is 3. The molecule has 0 amide bonds. The van der Waals surface area contributed by atoms with Gasteiger partial charge in [0.15, 0.2) is 0 Å². The van der Waals surface area contributed by atoms with E-state index in [2.05, 4.69) is 9.97 Å². The van der Waals surface area contributed by atoms with Crippen LogP contribution in [0.3, 0.4) is 0 Å². The molecule has 1 aromatic heterocycles. The minimum atomic E-state index is -0.305. The van der Waals surface area contributed by atoms with Crippen LogP contribution in [0.15, 0.2) is 16.9 Å². The number of benzene rings is 1. The molecule has 1 atom stereocenters. The maximum absolute atomic E-state index is 11.1. The third kappa shape index (κ3) is 1.97. The Balaban J connectivity index is 2.52. The molecule has 2 rings (SSSR count). The van der Waals surface area contributed by atoms with Gasteiger partial charge in [-0.25, -0.2) is 4.79 Å². The minimum absolute atomic E-state index is 0.261. The molecule has 0 aliphatic carbocycles. The Hall–Kier alpha value is -1.30. The van der Waals surface area contributed by atoms with Gasteiger partial charge in [0.1, 0.15) is 0 Å². The highest BCUT2D eigenvalue weighted by Gasteiger charge is 2.12. The molecule has 0 fully saturated rings. The van der Waals surface area contributed by atoms with Crippen molar-refractivity contribution in [2.75, 3.05) is 13.7 Å². The molecule has 0 spiro atoms. The molecule has 0 bridgehead atoms. The zero-order valence-corrected chi connectivity index (χ0v) is 9.47. The monoisotopic (exact) mass is 241 g/mol. The molecule has 0 saturated carbocycles. The quantitative estimate of drug-likeness (QED) is 0.754. The molecule has 4 N–H and O–H groups in total. The summed E-state index contributed by atoms with van der Waals surface area (Å²) in [5, 5.41) is 0.521. The summed E-state index contributed by atoms with van der Waals surface area (Å²) < 4.78 is 4.97. The molecule has 0 radical (unpaired) electrons. The van der Waals surface area contributed by atoms with Crippen LogP contribution in [0.25, 0.3) is 11.0 Å². The Morgan fingerprint density at radius 1 is 1.44 bits per heavy atom. The summed E-state index contributed by atoms with van der Waals surface area (Å²) in [6.07, 6.45) is 0. The van der Waals surface area contributed by atoms with Gasteiger partial charge >= 0.3 is 5.69 Å². The van der Waals surface area contributed by atoms with E-state index in [9.17, 15) is 4.79 Å². The zero-order chi connectivity index (χ0) is 11.7. The molecule has 1 unspecified atom stereocenters. The summed E-state index contributed by atoms with van der Waals surface area (Å²) in [5.41, 5.74) is 7.75. The van der Waals surface area contributed by atoms with Crippen LogP contribution in [0.5, 0.6) is 0 Å². The van der Waals surface area contributed by atoms with Gasteiger partial charge in [0.05, 0.1) is 23.7 Å². The highest BCUT2D eigenvalue weighted by atomic mass is 35.5. The average Bonchev–Trinajstić information content (AvgIpc) is 2.56. The number of nitrogens with two attached hydrogens (primary N) is 1. The number of H-pyrrole nitrogens is 2. The summed E-state index contributed by atoms with van der Waals surface area (Å²) in [6, 6.07) is 3.14. The summed E-state index contributed by atoms with van der Waals surface area (Å²) >= 11 is 6.07. The number of rotatable bonds is 3. The van der Waals surface area contributed by atoms with Crippen LogP contribution in [0.4, 0.5) is 0 Å². The number of aromatic nitrogens is 2. The van der Waals surface area contributed by atoms with E-state index in [0.29, 0.717) is 22.7 Å². The van der Waals surface area contributed by atoms with Crippen molar-refractivity contribution in [1.82, 2.24) is 9.97 Å². The van der Waals surface area contributed by atoms with E-state index in [1.165, 1.54) is 0 Å². The lowest BCUT2D eigenvalue weighted by atomic mass is 10.1. The van der Waals surface area contributed by atoms with Crippen LogP contribution >= 0.6 is 11.6 Å². The number of halogens is 1. The van der Waals surface area contributed by atoms with Crippen molar-refractivity contribution in [2.24, 2.45) is 5.73 Å². The molecular formula is C10H12ClN3O2. The number of ether oxygens (including phenoxy) is 1. The van der Waals surface area contributed by atoms with E-state index in [4.69, 9.17) is 22.1 Å². The first-order valence-corrected chi connectivity index (χ1v) is 5.15. The molecule has 0 aliphatic heterocycles. The van der Waals surface area contributed by atoms with Gasteiger partial charge in [-0.05, 0) is 17.7 Å². The van der Waals surface area contributed by atoms with E-state index in [1.807, 2.05) is 0 Å². The summed E-state index contributed by atoms with van der Waals surface area (Å²) in [4.78, 5) is 16.4. The predicted molar refractivity (Wildman–Crippen MR) is 62.7 cm³/mol. The largest absolute Gasteiger partial charge is 0.383 e. The highest BCUT2D eigenvalue weighted by Crippen LogP contribution is 2.25. The maximum Gasteiger partial charge on any atom is 0.323 e. The molecular weight excluding hydrogens is 230 g/mol. The number of nitrogens with one attached hydrogen (secondary N) is 2. The molecule has 16 heavy (non-hydrogen) atoms. The van der Waals surface area contributed by atoms with Crippen molar-refractivity contribution in [3.63, 3.8) is 0 Å². The van der Waals surface area contributed by atoms with Crippen molar-refractivity contribution in [2.45, 2.75) is 6.04 Å². The second kappa shape index (κ2) is 4.29. The zero-order valence-electron chi connectivity index (χ0n) is 8.71. The fourth-order valence-corrected chi connectivity index (χ4v) is 1.93. The van der Waals surface area contributed by atoms with Crippen LogP contribution in [0, 0.1) is 0 Å². The van der Waals surface area contributed by atoms with E-state index in [-0.39, 0.29) is 11.7 Å². The predicted octanol–water partition coefficient (Wildman–Crippen LogP) is 1.16. The number of fused-ring (bicyclic) bond motifs is 1. The SMILES string of the molecule is COCC(N)c1cc2[nH]c(=O)[nH]c2cc1Cl. The van der Waals surface area contributed by atoms with Crippen LogP contribution < -0.4 is 11.4 Å². The highest BCUT2D eigenvalue weighted by molar-refractivity contribution is 6.32. The number of imidazole rings is 1. The van der Waals surface area contributed by atoms with E-state index in [1.54, 1.807) is 19.2 Å². The lowest BCUT2D eigenvalue weighted by molar-refractivity contribution is 0.181. The Bertz CT molecular complexity index is 561. The van der Waals surface area contributed by atoms with Crippen molar-refractivity contribution in [3.05, 3.63) is 33.2 Å². The molecule has 1 heterocycles. The Kier molecular flexibility index (Phi) is 3.00. The van der Waals surface area contributed by atoms with Gasteiger partial charge < -0.3 is 20.4 Å². The van der Waals surface area contributed by atoms with Crippen molar-refractivity contribution < 1.29 is 4.74 Å². The van der Waals surface area contributed by atoms with Crippen LogP contribution in [0.2, 0.25) is 5.02 Å². The van der Waals surface area contributed by atoms with E-state index >= 15 is 0 Å². The van der Waals surface area contributed by atoms with Gasteiger partial charge in [-0.3, -0.25) is 0 Å². The van der Waals surface area contributed by atoms with Gasteiger partial charge in [-0.2, -0.15) is 0 Å². The lowest BCUT2D eigenvalue weighted by Gasteiger charge is -2.12. The molecule has 6 heteroatoms. The molecule has 0 saturated heterocycles. The number of methoxy groups -OCH3 is 1. The van der Waals surface area contributed by atoms with Gasteiger partial charge in [-0.1, -0.05) is 11.6 Å². The Morgan fingerprint density at radius 2 is 2.06 bits per heavy atom. The van der Waals surface area contributed by atoms with Crippen molar-refractivity contribution >= 4 is 22.6 Å². The van der Waals surface area contributed by atoms with Gasteiger partial charge in [-0.15, -0.1) is 0 Å². The number of aromatic amines is 2. The molecule has 5 nitrogen and oxygen atoms in total. The van der Waals surface area contributed by atoms with Crippen LogP contribution in [0.1, 0.15) is 11.6 Å². The molecule has 1 aromatic carbocycles. The molecule has 86 valence electrons. The second-order valence-corrected chi connectivity index (χ2v) is 3.97. The third-order valence-corrected chi connectivity index (χ3v) is 2.71. The summed E-state index contributed by atoms with van der Waals surface area (Å²) in [5.74, 6) is 0. The van der Waals surface area contributed by atoms with Gasteiger partial charge in [0.2, 0.25) is 0 Å². The standard InChI is InChI=1S/C10H12ClN3O2/c1-16-4-7(12)5-2-8-9(3-6(5)11)14-10(15)13-8/h2-3,7H,4,12H2,1H3,(H2,13,14,15). The smallest absolute Gasteiger partial charge is 0.323 e. The third-order valence-electron chi connectivity index (χ3n) is 2.38. The molecule has 0 aliphatic rings. The Labute approximate surface area is 96.6 Å². The first kappa shape index (κ1) is 11.2. The first-order valence-electron chi connectivity index (χ1n) is 4.77. The minimum Gasteiger partial charge on any atom is -0.383 e. The summed E-state index contributed by atoms with van der Waals surface area (Å²) in [6.45, 7) is 0.375. The topological polar surface area (TPSA) is 83.9 Å². The van der Waals surface area contributed by atoms with E-state index < -0.39 is 0 Å². The fraction of sp³-hybridized carbons (Fsp3) is 0.300. The second-order valence-electron chi connectivity index (χ2n) is 3.56. The van der Waals surface area contributed by atoms with Crippen LogP contribution in [-0.2, 0) is 4.74 Å². The number of hydrogen-bond acceptors (Lipinski definition) is 3. The van der Waals surface area contributed by atoms with Gasteiger partial charge in [0, 0.05) is 12.1 Å². The normalized spacial score (nSPS) is 13.2. The van der Waals surface area contributed by atoms with Crippen molar-refractivity contribution in [3.8, 4) is 0 Å². The van der Waals surface area contributed by atoms with Crippen LogP contribution in [-0.4, -0.2) is 23.7 Å². The lowest BCUT2D eigenvalue weighted by Crippen LogP contribution is -2.16. The first-order chi connectivity index (χ1) is 7.61. The average molecular weight is 242 g/mol. The Morgan fingerprint density at radius 3 is 2.69 bits per heavy atom. The van der Waals surface area contributed by atoms with Crippen molar-refractivity contribution in [1.29, 1.82) is 0 Å². The maximum atomic E-state index is 11.1.